The van der Waals surface area contributed by atoms with Crippen LogP contribution in [-0.4, -0.2) is 44.8 Å². The molecule has 0 aromatic heterocycles. The Morgan fingerprint density at radius 2 is 2.25 bits per heavy atom. The van der Waals surface area contributed by atoms with Crippen molar-refractivity contribution >= 4 is 27.5 Å². The summed E-state index contributed by atoms with van der Waals surface area (Å²) in [6.45, 7) is 1.16. The number of benzene rings is 1. The van der Waals surface area contributed by atoms with Crippen LogP contribution in [0.15, 0.2) is 23.1 Å². The summed E-state index contributed by atoms with van der Waals surface area (Å²) in [6, 6.07) is 5.89. The molecule has 0 saturated carbocycles. The van der Waals surface area contributed by atoms with Gasteiger partial charge in [-0.15, -0.1) is 0 Å². The monoisotopic (exact) mass is 370 g/mol. The largest absolute Gasteiger partial charge is 0.355 e. The van der Waals surface area contributed by atoms with Crippen LogP contribution in [0.1, 0.15) is 18.4 Å². The molecule has 24 heavy (non-hydrogen) atoms. The van der Waals surface area contributed by atoms with Gasteiger partial charge in [-0.3, -0.25) is 4.79 Å². The Morgan fingerprint density at radius 1 is 1.50 bits per heavy atom. The standard InChI is InChI=1S/C15H19ClN4O3S/c16-14-4-3-13(8-12(14)9-18)24(22,23)20-7-1-2-11(10-20)15(21)19-6-5-17/h3-4,8,11H,1-2,5-7,10,17H2,(H,19,21). The average molecular weight is 371 g/mol. The van der Waals surface area contributed by atoms with Gasteiger partial charge in [-0.05, 0) is 31.0 Å². The van der Waals surface area contributed by atoms with Crippen molar-refractivity contribution < 1.29 is 13.2 Å². The molecule has 0 spiro atoms. The van der Waals surface area contributed by atoms with Crippen LogP contribution in [0, 0.1) is 17.2 Å². The molecule has 0 bridgehead atoms. The number of amides is 1. The SMILES string of the molecule is N#Cc1cc(S(=O)(=O)N2CCCC(C(=O)NCCN)C2)ccc1Cl. The van der Waals surface area contributed by atoms with E-state index in [-0.39, 0.29) is 27.9 Å². The van der Waals surface area contributed by atoms with Gasteiger partial charge < -0.3 is 11.1 Å². The van der Waals surface area contributed by atoms with Gasteiger partial charge in [0.1, 0.15) is 6.07 Å². The Balaban J connectivity index is 2.20. The highest BCUT2D eigenvalue weighted by atomic mass is 35.5. The second kappa shape index (κ2) is 7.94. The zero-order chi connectivity index (χ0) is 17.7. The lowest BCUT2D eigenvalue weighted by Gasteiger charge is -2.31. The summed E-state index contributed by atoms with van der Waals surface area (Å²) in [5, 5.41) is 11.9. The number of nitrogens with one attached hydrogen (secondary N) is 1. The minimum Gasteiger partial charge on any atom is -0.355 e. The number of nitrogens with two attached hydrogens (primary N) is 1. The third kappa shape index (κ3) is 4.05. The number of nitrogens with zero attached hydrogens (tertiary/aromatic N) is 2. The maximum atomic E-state index is 12.8. The summed E-state index contributed by atoms with van der Waals surface area (Å²) in [5.41, 5.74) is 5.46. The number of carbonyl (C=O) groups is 1. The molecule has 1 fully saturated rings. The van der Waals surface area contributed by atoms with Crippen LogP contribution < -0.4 is 11.1 Å². The van der Waals surface area contributed by atoms with E-state index in [0.29, 0.717) is 32.5 Å². The molecule has 3 N–H and O–H groups in total. The molecule has 1 aliphatic heterocycles. The first-order valence-corrected chi connectivity index (χ1v) is 9.39. The first kappa shape index (κ1) is 18.7. The molecule has 2 rings (SSSR count). The van der Waals surface area contributed by atoms with Crippen molar-refractivity contribution in [3.8, 4) is 6.07 Å². The predicted molar refractivity (Wildman–Crippen MR) is 89.7 cm³/mol. The molecule has 0 aliphatic carbocycles. The smallest absolute Gasteiger partial charge is 0.243 e. The van der Waals surface area contributed by atoms with Crippen molar-refractivity contribution in [2.24, 2.45) is 11.7 Å². The first-order valence-electron chi connectivity index (χ1n) is 7.57. The van der Waals surface area contributed by atoms with Gasteiger partial charge in [0.15, 0.2) is 0 Å². The zero-order valence-corrected chi connectivity index (χ0v) is 14.6. The number of carbonyl (C=O) groups excluding carboxylic acids is 1. The number of rotatable bonds is 5. The third-order valence-electron chi connectivity index (χ3n) is 3.89. The van der Waals surface area contributed by atoms with Crippen molar-refractivity contribution in [1.82, 2.24) is 9.62 Å². The molecule has 0 radical (unpaired) electrons. The van der Waals surface area contributed by atoms with Gasteiger partial charge in [0.2, 0.25) is 15.9 Å². The highest BCUT2D eigenvalue weighted by Crippen LogP contribution is 2.26. The highest BCUT2D eigenvalue weighted by Gasteiger charge is 2.33. The Labute approximate surface area is 146 Å². The number of hydrogen-bond donors (Lipinski definition) is 2. The molecule has 9 heteroatoms. The number of nitriles is 1. The van der Waals surface area contributed by atoms with Gasteiger partial charge in [0, 0.05) is 26.2 Å². The summed E-state index contributed by atoms with van der Waals surface area (Å²) in [4.78, 5) is 12.1. The molecule has 1 aliphatic rings. The summed E-state index contributed by atoms with van der Waals surface area (Å²) in [6.07, 6.45) is 1.23. The molecule has 1 unspecified atom stereocenters. The van der Waals surface area contributed by atoms with Crippen molar-refractivity contribution in [3.05, 3.63) is 28.8 Å². The van der Waals surface area contributed by atoms with E-state index in [4.69, 9.17) is 22.6 Å². The topological polar surface area (TPSA) is 116 Å². The maximum absolute atomic E-state index is 12.8. The van der Waals surface area contributed by atoms with Crippen LogP contribution in [0.4, 0.5) is 0 Å². The van der Waals surface area contributed by atoms with Crippen LogP contribution in [0.25, 0.3) is 0 Å². The lowest BCUT2D eigenvalue weighted by Crippen LogP contribution is -2.46. The van der Waals surface area contributed by atoms with E-state index in [2.05, 4.69) is 5.32 Å². The van der Waals surface area contributed by atoms with Crippen LogP contribution in [-0.2, 0) is 14.8 Å². The van der Waals surface area contributed by atoms with Gasteiger partial charge >= 0.3 is 0 Å². The Hall–Kier alpha value is -1.66. The molecule has 130 valence electrons. The van der Waals surface area contributed by atoms with E-state index in [1.54, 1.807) is 0 Å². The molecule has 1 saturated heterocycles. The molecule has 1 heterocycles. The average Bonchev–Trinajstić information content (AvgIpc) is 2.60. The molecule has 7 nitrogen and oxygen atoms in total. The van der Waals surface area contributed by atoms with Crippen LogP contribution in [0.3, 0.4) is 0 Å². The molecule has 1 atom stereocenters. The van der Waals surface area contributed by atoms with E-state index < -0.39 is 15.9 Å². The minimum absolute atomic E-state index is 0.00599. The van der Waals surface area contributed by atoms with Gasteiger partial charge in [0.25, 0.3) is 0 Å². The molecule has 1 amide bonds. The number of hydrogen-bond acceptors (Lipinski definition) is 5. The molecule has 1 aromatic rings. The molecular weight excluding hydrogens is 352 g/mol. The maximum Gasteiger partial charge on any atom is 0.243 e. The van der Waals surface area contributed by atoms with Crippen LogP contribution in [0.5, 0.6) is 0 Å². The van der Waals surface area contributed by atoms with E-state index >= 15 is 0 Å². The Bertz CT molecular complexity index is 760. The number of piperidine rings is 1. The lowest BCUT2D eigenvalue weighted by atomic mass is 9.99. The molecule has 1 aromatic carbocycles. The van der Waals surface area contributed by atoms with Crippen molar-refractivity contribution in [1.29, 1.82) is 5.26 Å². The Kier molecular flexibility index (Phi) is 6.18. The van der Waals surface area contributed by atoms with Crippen LogP contribution >= 0.6 is 11.6 Å². The first-order chi connectivity index (χ1) is 11.4. The van der Waals surface area contributed by atoms with Crippen molar-refractivity contribution in [2.45, 2.75) is 17.7 Å². The van der Waals surface area contributed by atoms with E-state index in [1.807, 2.05) is 6.07 Å². The number of halogens is 1. The molecular formula is C15H19ClN4O3S. The fourth-order valence-corrected chi connectivity index (χ4v) is 4.32. The van der Waals surface area contributed by atoms with E-state index in [0.717, 1.165) is 0 Å². The summed E-state index contributed by atoms with van der Waals surface area (Å²) in [5.74, 6) is -0.586. The highest BCUT2D eigenvalue weighted by molar-refractivity contribution is 7.89. The minimum atomic E-state index is -3.78. The van der Waals surface area contributed by atoms with Gasteiger partial charge in [-0.1, -0.05) is 11.6 Å². The number of sulfonamides is 1. The fourth-order valence-electron chi connectivity index (χ4n) is 2.61. The third-order valence-corrected chi connectivity index (χ3v) is 6.09. The van der Waals surface area contributed by atoms with E-state index in [9.17, 15) is 13.2 Å². The summed E-state index contributed by atoms with van der Waals surface area (Å²) < 4.78 is 26.8. The van der Waals surface area contributed by atoms with Gasteiger partial charge in [0.05, 0.1) is 21.4 Å². The van der Waals surface area contributed by atoms with E-state index in [1.165, 1.54) is 22.5 Å². The predicted octanol–water partition coefficient (Wildman–Crippen LogP) is 0.687. The van der Waals surface area contributed by atoms with Crippen molar-refractivity contribution in [2.75, 3.05) is 26.2 Å². The second-order valence-electron chi connectivity index (χ2n) is 5.54. The lowest BCUT2D eigenvalue weighted by molar-refractivity contribution is -0.126. The normalized spacial score (nSPS) is 18.8. The second-order valence-corrected chi connectivity index (χ2v) is 7.88. The van der Waals surface area contributed by atoms with Gasteiger partial charge in [-0.2, -0.15) is 9.57 Å². The van der Waals surface area contributed by atoms with Crippen LogP contribution in [0.2, 0.25) is 5.02 Å². The van der Waals surface area contributed by atoms with Gasteiger partial charge in [-0.25, -0.2) is 8.42 Å². The summed E-state index contributed by atoms with van der Waals surface area (Å²) in [7, 11) is -3.78. The quantitative estimate of drug-likeness (QED) is 0.790. The summed E-state index contributed by atoms with van der Waals surface area (Å²) >= 11 is 5.85. The zero-order valence-electron chi connectivity index (χ0n) is 13.0. The fraction of sp³-hybridized carbons (Fsp3) is 0.467. The Morgan fingerprint density at radius 3 is 2.92 bits per heavy atom. The van der Waals surface area contributed by atoms with Crippen molar-refractivity contribution in [3.63, 3.8) is 0 Å².